The van der Waals surface area contributed by atoms with E-state index >= 15 is 0 Å². The van der Waals surface area contributed by atoms with Crippen LogP contribution in [-0.4, -0.2) is 33.7 Å². The lowest BCUT2D eigenvalue weighted by atomic mass is 10.1. The van der Waals surface area contributed by atoms with E-state index in [1.807, 2.05) is 0 Å². The molecule has 5 heteroatoms. The van der Waals surface area contributed by atoms with Crippen molar-refractivity contribution in [2.24, 2.45) is 0 Å². The van der Waals surface area contributed by atoms with E-state index in [9.17, 15) is 9.90 Å². The summed E-state index contributed by atoms with van der Waals surface area (Å²) in [5.41, 5.74) is -1.73. The van der Waals surface area contributed by atoms with Gasteiger partial charge in [0.1, 0.15) is 5.60 Å². The van der Waals surface area contributed by atoms with Gasteiger partial charge >= 0.3 is 6.09 Å². The molecule has 18 heavy (non-hydrogen) atoms. The fourth-order valence-corrected chi connectivity index (χ4v) is 1.32. The normalized spacial score (nSPS) is 14.8. The Hall–Kier alpha value is -1.62. The van der Waals surface area contributed by atoms with Gasteiger partial charge in [-0.1, -0.05) is 6.07 Å². The Kier molecular flexibility index (Phi) is 3.96. The molecule has 1 N–H and O–H groups in total. The maximum atomic E-state index is 11.9. The summed E-state index contributed by atoms with van der Waals surface area (Å²) in [7, 11) is 1.47. The molecule has 0 spiro atoms. The summed E-state index contributed by atoms with van der Waals surface area (Å²) in [4.78, 5) is 17.1. The monoisotopic (exact) mass is 252 g/mol. The minimum absolute atomic E-state index is 0.387. The molecular weight excluding hydrogens is 232 g/mol. The van der Waals surface area contributed by atoms with E-state index < -0.39 is 17.4 Å². The van der Waals surface area contributed by atoms with E-state index in [1.54, 1.807) is 45.2 Å². The van der Waals surface area contributed by atoms with Gasteiger partial charge in [0.05, 0.1) is 5.69 Å². The molecule has 1 amide bonds. The van der Waals surface area contributed by atoms with Crippen LogP contribution in [0.5, 0.6) is 0 Å². The number of pyridine rings is 1. The van der Waals surface area contributed by atoms with Crippen LogP contribution in [0.1, 0.15) is 33.4 Å². The molecule has 0 aliphatic heterocycles. The van der Waals surface area contributed by atoms with Gasteiger partial charge in [-0.25, -0.2) is 4.79 Å². The third-order valence-electron chi connectivity index (χ3n) is 2.47. The molecule has 5 nitrogen and oxygen atoms in total. The van der Waals surface area contributed by atoms with Gasteiger partial charge in [0, 0.05) is 13.2 Å². The molecule has 0 saturated carbocycles. The van der Waals surface area contributed by atoms with E-state index in [2.05, 4.69) is 4.98 Å². The highest BCUT2D eigenvalue weighted by atomic mass is 16.6. The lowest BCUT2D eigenvalue weighted by molar-refractivity contribution is -0.0911. The largest absolute Gasteiger partial charge is 0.444 e. The Morgan fingerprint density at radius 3 is 2.39 bits per heavy atom. The van der Waals surface area contributed by atoms with Gasteiger partial charge in [-0.3, -0.25) is 9.88 Å². The van der Waals surface area contributed by atoms with Crippen LogP contribution in [0.3, 0.4) is 0 Å². The molecule has 1 heterocycles. The van der Waals surface area contributed by atoms with Gasteiger partial charge in [0.25, 0.3) is 0 Å². The predicted octanol–water partition coefficient (Wildman–Crippen LogP) is 2.11. The molecule has 1 aromatic heterocycles. The number of amides is 1. The molecule has 0 aromatic carbocycles. The summed E-state index contributed by atoms with van der Waals surface area (Å²) in [6.07, 6.45) is 0.963. The van der Waals surface area contributed by atoms with Crippen LogP contribution in [-0.2, 0) is 10.5 Å². The zero-order valence-corrected chi connectivity index (χ0v) is 11.5. The number of nitrogens with zero attached hydrogens (tertiary/aromatic N) is 2. The Balaban J connectivity index is 2.89. The van der Waals surface area contributed by atoms with Crippen molar-refractivity contribution in [3.63, 3.8) is 0 Å². The predicted molar refractivity (Wildman–Crippen MR) is 67.8 cm³/mol. The van der Waals surface area contributed by atoms with Crippen molar-refractivity contribution >= 4 is 6.09 Å². The van der Waals surface area contributed by atoms with Crippen LogP contribution in [0, 0.1) is 0 Å². The first-order valence-electron chi connectivity index (χ1n) is 5.75. The van der Waals surface area contributed by atoms with Crippen molar-refractivity contribution in [1.29, 1.82) is 0 Å². The number of ether oxygens (including phenoxy) is 1. The van der Waals surface area contributed by atoms with Crippen molar-refractivity contribution in [2.45, 2.75) is 39.0 Å². The van der Waals surface area contributed by atoms with Gasteiger partial charge in [-0.2, -0.15) is 0 Å². The van der Waals surface area contributed by atoms with Crippen LogP contribution in [0.2, 0.25) is 0 Å². The van der Waals surface area contributed by atoms with Crippen LogP contribution in [0.15, 0.2) is 24.4 Å². The van der Waals surface area contributed by atoms with Crippen LogP contribution >= 0.6 is 0 Å². The molecule has 0 saturated heterocycles. The summed E-state index contributed by atoms with van der Waals surface area (Å²) in [5, 5.41) is 10.4. The van der Waals surface area contributed by atoms with E-state index in [0.717, 1.165) is 4.90 Å². The number of aromatic nitrogens is 1. The van der Waals surface area contributed by atoms with Gasteiger partial charge < -0.3 is 9.84 Å². The summed E-state index contributed by atoms with van der Waals surface area (Å²) in [6, 6.07) is 5.15. The molecule has 100 valence electrons. The van der Waals surface area contributed by atoms with Crippen LogP contribution < -0.4 is 0 Å². The molecule has 1 rings (SSSR count). The first kappa shape index (κ1) is 14.4. The smallest absolute Gasteiger partial charge is 0.412 e. The summed E-state index contributed by atoms with van der Waals surface area (Å²) in [6.45, 7) is 6.82. The molecule has 0 aliphatic rings. The zero-order valence-electron chi connectivity index (χ0n) is 11.5. The lowest BCUT2D eigenvalue weighted by Crippen LogP contribution is -2.47. The number of aliphatic hydroxyl groups is 1. The Morgan fingerprint density at radius 2 is 1.94 bits per heavy atom. The van der Waals surface area contributed by atoms with Crippen LogP contribution in [0.25, 0.3) is 0 Å². The third-order valence-corrected chi connectivity index (χ3v) is 2.47. The summed E-state index contributed by atoms with van der Waals surface area (Å²) >= 11 is 0. The second-order valence-corrected chi connectivity index (χ2v) is 5.28. The second kappa shape index (κ2) is 4.94. The van der Waals surface area contributed by atoms with Crippen molar-refractivity contribution < 1.29 is 14.6 Å². The fourth-order valence-electron chi connectivity index (χ4n) is 1.32. The molecule has 1 aromatic rings. The van der Waals surface area contributed by atoms with Gasteiger partial charge in [0.2, 0.25) is 0 Å². The van der Waals surface area contributed by atoms with Crippen molar-refractivity contribution in [3.05, 3.63) is 30.1 Å². The second-order valence-electron chi connectivity index (χ2n) is 5.28. The molecular formula is C13H20N2O3. The number of carbonyl (C=O) groups excluding carboxylic acids is 1. The summed E-state index contributed by atoms with van der Waals surface area (Å²) in [5.74, 6) is 0. The highest BCUT2D eigenvalue weighted by molar-refractivity contribution is 5.68. The molecule has 1 unspecified atom stereocenters. The van der Waals surface area contributed by atoms with Crippen molar-refractivity contribution in [1.82, 2.24) is 9.88 Å². The number of carbonyl (C=O) groups is 1. The maximum absolute atomic E-state index is 11.9. The standard InChI is InChI=1S/C13H20N2O3/c1-12(2,3)18-11(16)15(5)13(4,17)10-8-6-7-9-14-10/h6-9,17H,1-5H3. The highest BCUT2D eigenvalue weighted by Gasteiger charge is 2.35. The van der Waals surface area contributed by atoms with Gasteiger partial charge in [0.15, 0.2) is 5.72 Å². The lowest BCUT2D eigenvalue weighted by Gasteiger charge is -2.34. The molecule has 0 fully saturated rings. The third kappa shape index (κ3) is 3.43. The highest BCUT2D eigenvalue weighted by Crippen LogP contribution is 2.23. The van der Waals surface area contributed by atoms with Crippen molar-refractivity contribution in [3.8, 4) is 0 Å². The summed E-state index contributed by atoms with van der Waals surface area (Å²) < 4.78 is 5.21. The minimum Gasteiger partial charge on any atom is -0.444 e. The van der Waals surface area contributed by atoms with Crippen molar-refractivity contribution in [2.75, 3.05) is 7.05 Å². The average Bonchev–Trinajstić information content (AvgIpc) is 2.27. The first-order valence-corrected chi connectivity index (χ1v) is 5.75. The number of hydrogen-bond acceptors (Lipinski definition) is 4. The first-order chi connectivity index (χ1) is 8.14. The Bertz CT molecular complexity index is 410. The SMILES string of the molecule is CN(C(=O)OC(C)(C)C)C(C)(O)c1ccccn1. The minimum atomic E-state index is -1.51. The molecule has 0 aliphatic carbocycles. The number of rotatable bonds is 2. The van der Waals surface area contributed by atoms with E-state index in [0.29, 0.717) is 5.69 Å². The van der Waals surface area contributed by atoms with E-state index in [1.165, 1.54) is 14.0 Å². The van der Waals surface area contributed by atoms with E-state index in [-0.39, 0.29) is 0 Å². The zero-order chi connectivity index (χ0) is 14.0. The van der Waals surface area contributed by atoms with E-state index in [4.69, 9.17) is 4.74 Å². The van der Waals surface area contributed by atoms with Gasteiger partial charge in [-0.05, 0) is 39.8 Å². The van der Waals surface area contributed by atoms with Gasteiger partial charge in [-0.15, -0.1) is 0 Å². The van der Waals surface area contributed by atoms with Crippen LogP contribution in [0.4, 0.5) is 4.79 Å². The Labute approximate surface area is 107 Å². The average molecular weight is 252 g/mol. The topological polar surface area (TPSA) is 62.7 Å². The fraction of sp³-hybridized carbons (Fsp3) is 0.538. The molecule has 0 radical (unpaired) electrons. The Morgan fingerprint density at radius 1 is 1.33 bits per heavy atom. The number of hydrogen-bond donors (Lipinski definition) is 1. The molecule has 0 bridgehead atoms. The quantitative estimate of drug-likeness (QED) is 0.819. The maximum Gasteiger partial charge on any atom is 0.412 e. The molecule has 1 atom stereocenters.